The van der Waals surface area contributed by atoms with Crippen molar-refractivity contribution >= 4 is 15.9 Å². The van der Waals surface area contributed by atoms with Crippen molar-refractivity contribution in [2.75, 3.05) is 7.11 Å². The summed E-state index contributed by atoms with van der Waals surface area (Å²) in [6, 6.07) is 6.45. The Hall–Kier alpha value is -0.540. The van der Waals surface area contributed by atoms with Gasteiger partial charge in [0.05, 0.1) is 7.11 Å². The average molecular weight is 258 g/mol. The molecule has 1 rings (SSSR count). The molecular formula is C11H16BrNO. The maximum Gasteiger partial charge on any atom is 0.124 e. The molecule has 1 aromatic carbocycles. The summed E-state index contributed by atoms with van der Waals surface area (Å²) in [5.41, 5.74) is 1.17. The molecule has 0 heterocycles. The molecule has 2 nitrogen and oxygen atoms in total. The van der Waals surface area contributed by atoms with E-state index in [1.54, 1.807) is 7.11 Å². The quantitative estimate of drug-likeness (QED) is 0.896. The Morgan fingerprint density at radius 3 is 2.71 bits per heavy atom. The highest BCUT2D eigenvalue weighted by Crippen LogP contribution is 2.26. The molecule has 0 fully saturated rings. The summed E-state index contributed by atoms with van der Waals surface area (Å²) in [6.07, 6.45) is 0. The van der Waals surface area contributed by atoms with Gasteiger partial charge in [-0.1, -0.05) is 35.8 Å². The van der Waals surface area contributed by atoms with Crippen LogP contribution in [0.4, 0.5) is 0 Å². The highest BCUT2D eigenvalue weighted by molar-refractivity contribution is 9.10. The number of hydrogen-bond donors (Lipinski definition) is 1. The minimum atomic E-state index is 0.479. The Balaban J connectivity index is 2.82. The molecule has 0 unspecified atom stereocenters. The number of methoxy groups -OCH3 is 1. The zero-order chi connectivity index (χ0) is 10.6. The molecule has 78 valence electrons. The summed E-state index contributed by atoms with van der Waals surface area (Å²) < 4.78 is 6.38. The lowest BCUT2D eigenvalue weighted by molar-refractivity contribution is 0.406. The average Bonchev–Trinajstić information content (AvgIpc) is 2.15. The first-order valence-electron chi connectivity index (χ1n) is 4.70. The van der Waals surface area contributed by atoms with Crippen LogP contribution in [0.3, 0.4) is 0 Å². The van der Waals surface area contributed by atoms with E-state index in [1.165, 1.54) is 5.56 Å². The smallest absolute Gasteiger partial charge is 0.124 e. The lowest BCUT2D eigenvalue weighted by Crippen LogP contribution is -2.22. The third-order valence-electron chi connectivity index (χ3n) is 1.98. The van der Waals surface area contributed by atoms with Crippen LogP contribution in [0.1, 0.15) is 19.4 Å². The summed E-state index contributed by atoms with van der Waals surface area (Å²) in [7, 11) is 1.70. The molecule has 3 heteroatoms. The zero-order valence-corrected chi connectivity index (χ0v) is 10.4. The van der Waals surface area contributed by atoms with Crippen molar-refractivity contribution in [3.05, 3.63) is 28.2 Å². The van der Waals surface area contributed by atoms with E-state index in [1.807, 2.05) is 18.2 Å². The zero-order valence-electron chi connectivity index (χ0n) is 8.80. The molecule has 0 aromatic heterocycles. The maximum absolute atomic E-state index is 5.29. The van der Waals surface area contributed by atoms with Crippen LogP contribution in [0, 0.1) is 0 Å². The van der Waals surface area contributed by atoms with E-state index < -0.39 is 0 Å². The standard InChI is InChI=1S/C11H16BrNO/c1-8(2)13-7-9-10(12)5-4-6-11(9)14-3/h4-6,8,13H,7H2,1-3H3. The lowest BCUT2D eigenvalue weighted by Gasteiger charge is -2.13. The van der Waals surface area contributed by atoms with Gasteiger partial charge in [-0.2, -0.15) is 0 Å². The van der Waals surface area contributed by atoms with Crippen LogP contribution < -0.4 is 10.1 Å². The normalized spacial score (nSPS) is 10.6. The molecule has 0 radical (unpaired) electrons. The van der Waals surface area contributed by atoms with Gasteiger partial charge in [-0.25, -0.2) is 0 Å². The predicted molar refractivity (Wildman–Crippen MR) is 62.7 cm³/mol. The number of nitrogens with one attached hydrogen (secondary N) is 1. The molecule has 0 saturated carbocycles. The fourth-order valence-electron chi connectivity index (χ4n) is 1.21. The first kappa shape index (κ1) is 11.5. The molecule has 0 atom stereocenters. The first-order chi connectivity index (χ1) is 6.65. The van der Waals surface area contributed by atoms with Crippen molar-refractivity contribution in [3.8, 4) is 5.75 Å². The van der Waals surface area contributed by atoms with Crippen molar-refractivity contribution in [1.82, 2.24) is 5.32 Å². The summed E-state index contributed by atoms with van der Waals surface area (Å²) >= 11 is 3.52. The van der Waals surface area contributed by atoms with E-state index in [2.05, 4.69) is 35.1 Å². The van der Waals surface area contributed by atoms with E-state index in [0.717, 1.165) is 16.8 Å². The third kappa shape index (κ3) is 3.00. The van der Waals surface area contributed by atoms with Gasteiger partial charge >= 0.3 is 0 Å². The van der Waals surface area contributed by atoms with Gasteiger partial charge in [0.15, 0.2) is 0 Å². The van der Waals surface area contributed by atoms with Gasteiger partial charge in [-0.15, -0.1) is 0 Å². The first-order valence-corrected chi connectivity index (χ1v) is 5.49. The number of hydrogen-bond acceptors (Lipinski definition) is 2. The predicted octanol–water partition coefficient (Wildman–Crippen LogP) is 2.96. The SMILES string of the molecule is COc1cccc(Br)c1CNC(C)C. The van der Waals surface area contributed by atoms with Crippen molar-refractivity contribution in [3.63, 3.8) is 0 Å². The Bertz CT molecular complexity index is 299. The van der Waals surface area contributed by atoms with E-state index in [4.69, 9.17) is 4.74 Å². The molecule has 0 aliphatic rings. The van der Waals surface area contributed by atoms with Crippen molar-refractivity contribution in [2.45, 2.75) is 26.4 Å². The summed E-state index contributed by atoms with van der Waals surface area (Å²) in [5.74, 6) is 0.924. The summed E-state index contributed by atoms with van der Waals surface area (Å²) in [6.45, 7) is 5.08. The second-order valence-corrected chi connectivity index (χ2v) is 4.31. The highest BCUT2D eigenvalue weighted by atomic mass is 79.9. The van der Waals surface area contributed by atoms with Crippen LogP contribution in [0.2, 0.25) is 0 Å². The van der Waals surface area contributed by atoms with E-state index in [-0.39, 0.29) is 0 Å². The van der Waals surface area contributed by atoms with Crippen molar-refractivity contribution in [2.24, 2.45) is 0 Å². The largest absolute Gasteiger partial charge is 0.496 e. The van der Waals surface area contributed by atoms with Crippen LogP contribution in [0.15, 0.2) is 22.7 Å². The molecule has 0 amide bonds. The number of ether oxygens (including phenoxy) is 1. The van der Waals surface area contributed by atoms with Crippen molar-refractivity contribution in [1.29, 1.82) is 0 Å². The van der Waals surface area contributed by atoms with E-state index in [0.29, 0.717) is 6.04 Å². The number of rotatable bonds is 4. The van der Waals surface area contributed by atoms with Gasteiger partial charge in [0, 0.05) is 22.6 Å². The molecule has 0 aliphatic carbocycles. The highest BCUT2D eigenvalue weighted by Gasteiger charge is 2.06. The Kier molecular flexibility index (Phi) is 4.42. The van der Waals surface area contributed by atoms with Crippen LogP contribution in [-0.4, -0.2) is 13.2 Å². The lowest BCUT2D eigenvalue weighted by atomic mass is 10.2. The molecule has 0 bridgehead atoms. The molecule has 0 spiro atoms. The van der Waals surface area contributed by atoms with Gasteiger partial charge in [0.1, 0.15) is 5.75 Å². The molecule has 0 saturated heterocycles. The fourth-order valence-corrected chi connectivity index (χ4v) is 1.70. The van der Waals surface area contributed by atoms with Crippen LogP contribution in [0.25, 0.3) is 0 Å². The van der Waals surface area contributed by atoms with Crippen LogP contribution >= 0.6 is 15.9 Å². The number of halogens is 1. The van der Waals surface area contributed by atoms with Gasteiger partial charge in [-0.05, 0) is 12.1 Å². The molecule has 1 N–H and O–H groups in total. The maximum atomic E-state index is 5.29. The molecule has 0 aliphatic heterocycles. The second kappa shape index (κ2) is 5.37. The van der Waals surface area contributed by atoms with E-state index >= 15 is 0 Å². The van der Waals surface area contributed by atoms with Crippen LogP contribution in [-0.2, 0) is 6.54 Å². The molecule has 1 aromatic rings. The Morgan fingerprint density at radius 2 is 2.14 bits per heavy atom. The van der Waals surface area contributed by atoms with Gasteiger partial charge in [-0.3, -0.25) is 0 Å². The number of benzene rings is 1. The monoisotopic (exact) mass is 257 g/mol. The second-order valence-electron chi connectivity index (χ2n) is 3.46. The minimum Gasteiger partial charge on any atom is -0.496 e. The summed E-state index contributed by atoms with van der Waals surface area (Å²) in [4.78, 5) is 0. The van der Waals surface area contributed by atoms with Gasteiger partial charge < -0.3 is 10.1 Å². The van der Waals surface area contributed by atoms with Gasteiger partial charge in [0.2, 0.25) is 0 Å². The van der Waals surface area contributed by atoms with Crippen LogP contribution in [0.5, 0.6) is 5.75 Å². The van der Waals surface area contributed by atoms with Crippen molar-refractivity contribution < 1.29 is 4.74 Å². The Morgan fingerprint density at radius 1 is 1.43 bits per heavy atom. The van der Waals surface area contributed by atoms with E-state index in [9.17, 15) is 0 Å². The van der Waals surface area contributed by atoms with Gasteiger partial charge in [0.25, 0.3) is 0 Å². The molecule has 14 heavy (non-hydrogen) atoms. The summed E-state index contributed by atoms with van der Waals surface area (Å²) in [5, 5.41) is 3.37. The topological polar surface area (TPSA) is 21.3 Å². The molecular weight excluding hydrogens is 242 g/mol. The third-order valence-corrected chi connectivity index (χ3v) is 2.73. The fraction of sp³-hybridized carbons (Fsp3) is 0.455. The minimum absolute atomic E-state index is 0.479. The Labute approximate surface area is 93.8 Å².